The zero-order valence-electron chi connectivity index (χ0n) is 21.6. The number of methoxy groups -OCH3 is 1. The number of hydrogen-bond donors (Lipinski definition) is 1. The third-order valence-corrected chi connectivity index (χ3v) is 7.57. The first-order chi connectivity index (χ1) is 19.5. The molecule has 2 aliphatic heterocycles. The Morgan fingerprint density at radius 3 is 2.67 bits per heavy atom. The van der Waals surface area contributed by atoms with Gasteiger partial charge in [0.2, 0.25) is 6.79 Å². The predicted molar refractivity (Wildman–Crippen MR) is 148 cm³/mol. The van der Waals surface area contributed by atoms with Gasteiger partial charge < -0.3 is 24.1 Å². The molecule has 2 aliphatic rings. The number of benzene rings is 3. The van der Waals surface area contributed by atoms with Gasteiger partial charge in [-0.25, -0.2) is 9.79 Å². The van der Waals surface area contributed by atoms with Gasteiger partial charge in [0.25, 0.3) is 5.56 Å². The van der Waals surface area contributed by atoms with Crippen LogP contribution in [0.1, 0.15) is 29.7 Å². The Bertz CT molecular complexity index is 1840. The summed E-state index contributed by atoms with van der Waals surface area (Å²) in [6.45, 7) is 1.98. The van der Waals surface area contributed by atoms with Crippen molar-refractivity contribution in [3.8, 4) is 23.0 Å². The number of aromatic nitrogens is 1. The number of ether oxygens (including phenoxy) is 4. The van der Waals surface area contributed by atoms with Crippen LogP contribution in [0, 0.1) is 0 Å². The topological polar surface area (TPSA) is 109 Å². The van der Waals surface area contributed by atoms with Crippen molar-refractivity contribution in [1.29, 1.82) is 0 Å². The highest BCUT2D eigenvalue weighted by molar-refractivity contribution is 7.07. The molecule has 10 heteroatoms. The van der Waals surface area contributed by atoms with Crippen molar-refractivity contribution in [1.82, 2.24) is 4.57 Å². The van der Waals surface area contributed by atoms with E-state index in [2.05, 4.69) is 0 Å². The molecule has 9 nitrogen and oxygen atoms in total. The van der Waals surface area contributed by atoms with Crippen LogP contribution in [0.3, 0.4) is 0 Å². The van der Waals surface area contributed by atoms with E-state index in [0.717, 1.165) is 0 Å². The molecule has 0 fully saturated rings. The van der Waals surface area contributed by atoms with Gasteiger partial charge in [-0.1, -0.05) is 53.8 Å². The SMILES string of the molecule is CCOC(=O)C1=C(c2ccccc2)N=c2sc(=Cc3ccc(OC)c(O)c3)c(=O)n2[C@H]1c1ccc2c(c1)OCO2. The van der Waals surface area contributed by atoms with Crippen molar-refractivity contribution in [3.63, 3.8) is 0 Å². The van der Waals surface area contributed by atoms with E-state index in [1.165, 1.54) is 29.1 Å². The van der Waals surface area contributed by atoms with Crippen molar-refractivity contribution in [2.45, 2.75) is 13.0 Å². The first-order valence-electron chi connectivity index (χ1n) is 12.5. The lowest BCUT2D eigenvalue weighted by atomic mass is 9.93. The molecular weight excluding hydrogens is 532 g/mol. The van der Waals surface area contributed by atoms with Crippen LogP contribution >= 0.6 is 11.3 Å². The molecule has 3 heterocycles. The van der Waals surface area contributed by atoms with E-state index in [1.807, 2.05) is 36.4 Å². The molecule has 40 heavy (non-hydrogen) atoms. The minimum atomic E-state index is -0.841. The normalized spacial score (nSPS) is 15.9. The first-order valence-corrected chi connectivity index (χ1v) is 13.3. The second-order valence-corrected chi connectivity index (χ2v) is 9.98. The number of rotatable bonds is 6. The molecule has 4 aromatic rings. The first kappa shape index (κ1) is 25.4. The summed E-state index contributed by atoms with van der Waals surface area (Å²) in [5.74, 6) is 0.823. The average Bonchev–Trinajstić information content (AvgIpc) is 3.56. The Hall–Kier alpha value is -4.83. The lowest BCUT2D eigenvalue weighted by Crippen LogP contribution is -2.40. The summed E-state index contributed by atoms with van der Waals surface area (Å²) in [5.41, 5.74) is 2.30. The maximum Gasteiger partial charge on any atom is 0.338 e. The summed E-state index contributed by atoms with van der Waals surface area (Å²) >= 11 is 1.20. The van der Waals surface area contributed by atoms with E-state index < -0.39 is 12.0 Å². The maximum atomic E-state index is 14.0. The Balaban J connectivity index is 1.62. The molecule has 1 aromatic heterocycles. The molecule has 6 rings (SSSR count). The minimum absolute atomic E-state index is 0.0433. The molecular formula is C30H24N2O7S. The van der Waals surface area contributed by atoms with Crippen LogP contribution in [0.15, 0.2) is 82.1 Å². The summed E-state index contributed by atoms with van der Waals surface area (Å²) in [4.78, 5) is 32.8. The van der Waals surface area contributed by atoms with Crippen LogP contribution in [-0.4, -0.2) is 36.2 Å². The van der Waals surface area contributed by atoms with Gasteiger partial charge in [0, 0.05) is 5.56 Å². The van der Waals surface area contributed by atoms with Crippen molar-refractivity contribution in [2.75, 3.05) is 20.5 Å². The van der Waals surface area contributed by atoms with E-state index >= 15 is 0 Å². The Morgan fingerprint density at radius 1 is 1.12 bits per heavy atom. The standard InChI is InChI=1S/C30H24N2O7S/c1-3-37-29(35)25-26(18-7-5-4-6-8-18)31-30-32(27(25)19-10-12-22-23(15-19)39-16-38-22)28(34)24(40-30)14-17-9-11-21(36-2)20(33)13-17/h4-15,27,33H,3,16H2,1-2H3/t27-/m0/s1. The maximum absolute atomic E-state index is 14.0. The van der Waals surface area contributed by atoms with Crippen LogP contribution in [0.25, 0.3) is 11.8 Å². The summed E-state index contributed by atoms with van der Waals surface area (Å²) in [7, 11) is 1.47. The smallest absolute Gasteiger partial charge is 0.338 e. The quantitative estimate of drug-likeness (QED) is 0.363. The minimum Gasteiger partial charge on any atom is -0.504 e. The van der Waals surface area contributed by atoms with Gasteiger partial charge in [0.1, 0.15) is 0 Å². The summed E-state index contributed by atoms with van der Waals surface area (Å²) < 4.78 is 23.6. The monoisotopic (exact) mass is 556 g/mol. The van der Waals surface area contributed by atoms with E-state index in [9.17, 15) is 14.7 Å². The van der Waals surface area contributed by atoms with Gasteiger partial charge in [-0.05, 0) is 48.4 Å². The van der Waals surface area contributed by atoms with E-state index in [0.29, 0.717) is 49.0 Å². The number of esters is 1. The number of hydrogen-bond acceptors (Lipinski definition) is 9. The number of thiazole rings is 1. The van der Waals surface area contributed by atoms with E-state index in [-0.39, 0.29) is 30.3 Å². The molecule has 0 bridgehead atoms. The van der Waals surface area contributed by atoms with Gasteiger partial charge in [-0.2, -0.15) is 0 Å². The molecule has 202 valence electrons. The number of carbonyl (C=O) groups is 1. The third-order valence-electron chi connectivity index (χ3n) is 6.59. The van der Waals surface area contributed by atoms with Crippen molar-refractivity contribution >= 4 is 29.1 Å². The van der Waals surface area contributed by atoms with E-state index in [1.54, 1.807) is 37.3 Å². The molecule has 0 saturated heterocycles. The van der Waals surface area contributed by atoms with Crippen LogP contribution < -0.4 is 29.1 Å². The number of nitrogens with zero attached hydrogens (tertiary/aromatic N) is 2. The van der Waals surface area contributed by atoms with Gasteiger partial charge >= 0.3 is 5.97 Å². The molecule has 0 unspecified atom stereocenters. The van der Waals surface area contributed by atoms with Crippen LogP contribution in [0.5, 0.6) is 23.0 Å². The van der Waals surface area contributed by atoms with Crippen molar-refractivity contribution < 1.29 is 28.8 Å². The highest BCUT2D eigenvalue weighted by Crippen LogP contribution is 2.40. The molecule has 0 spiro atoms. The molecule has 1 N–H and O–H groups in total. The lowest BCUT2D eigenvalue weighted by Gasteiger charge is -2.26. The highest BCUT2D eigenvalue weighted by Gasteiger charge is 2.36. The van der Waals surface area contributed by atoms with Gasteiger partial charge in [0.05, 0.1) is 35.6 Å². The molecule has 1 atom stereocenters. The third kappa shape index (κ3) is 4.42. The van der Waals surface area contributed by atoms with Crippen molar-refractivity contribution in [3.05, 3.63) is 109 Å². The van der Waals surface area contributed by atoms with Crippen LogP contribution in [-0.2, 0) is 9.53 Å². The number of phenols is 1. The van der Waals surface area contributed by atoms with Crippen LogP contribution in [0.4, 0.5) is 0 Å². The highest BCUT2D eigenvalue weighted by atomic mass is 32.1. The van der Waals surface area contributed by atoms with Crippen molar-refractivity contribution in [2.24, 2.45) is 4.99 Å². The molecule has 0 amide bonds. The second-order valence-electron chi connectivity index (χ2n) is 8.98. The Kier molecular flexibility index (Phi) is 6.61. The fraction of sp³-hybridized carbons (Fsp3) is 0.167. The zero-order valence-corrected chi connectivity index (χ0v) is 22.4. The molecule has 0 radical (unpaired) electrons. The largest absolute Gasteiger partial charge is 0.504 e. The number of phenolic OH excluding ortho intramolecular Hbond substituents is 1. The number of fused-ring (bicyclic) bond motifs is 2. The number of aromatic hydroxyl groups is 1. The summed E-state index contributed by atoms with van der Waals surface area (Å²) in [6, 6.07) is 18.7. The Morgan fingerprint density at radius 2 is 1.93 bits per heavy atom. The zero-order chi connectivity index (χ0) is 27.8. The molecule has 0 saturated carbocycles. The van der Waals surface area contributed by atoms with Gasteiger partial charge in [-0.15, -0.1) is 0 Å². The van der Waals surface area contributed by atoms with Gasteiger partial charge in [0.15, 0.2) is 27.8 Å². The van der Waals surface area contributed by atoms with E-state index in [4.69, 9.17) is 23.9 Å². The fourth-order valence-electron chi connectivity index (χ4n) is 4.79. The predicted octanol–water partition coefficient (Wildman–Crippen LogP) is 3.38. The second kappa shape index (κ2) is 10.4. The number of carbonyl (C=O) groups excluding carboxylic acids is 1. The Labute approximate surface area is 232 Å². The fourth-order valence-corrected chi connectivity index (χ4v) is 5.79. The summed E-state index contributed by atoms with van der Waals surface area (Å²) in [5, 5.41) is 10.3. The molecule has 3 aromatic carbocycles. The average molecular weight is 557 g/mol. The molecule has 0 aliphatic carbocycles. The van der Waals surface area contributed by atoms with Gasteiger partial charge in [-0.3, -0.25) is 9.36 Å². The lowest BCUT2D eigenvalue weighted by molar-refractivity contribution is -0.138. The summed E-state index contributed by atoms with van der Waals surface area (Å²) in [6.07, 6.45) is 1.68. The van der Waals surface area contributed by atoms with Crippen LogP contribution in [0.2, 0.25) is 0 Å².